The predicted molar refractivity (Wildman–Crippen MR) is 154 cm³/mol. The molecule has 0 aliphatic heterocycles. The highest BCUT2D eigenvalue weighted by Gasteiger charge is 2.19. The summed E-state index contributed by atoms with van der Waals surface area (Å²) in [6, 6.07) is 20.1. The summed E-state index contributed by atoms with van der Waals surface area (Å²) in [6.45, 7) is 0. The molecule has 7 rings (SSSR count). The average molecular weight is 546 g/mol. The Morgan fingerprint density at radius 3 is 2.73 bits per heavy atom. The lowest BCUT2D eigenvalue weighted by Crippen LogP contribution is -2.14. The standard InChI is InChI=1S/C30H20FN7OS/c31-22-14-24-21(13-20(22)18-12-19(16-32-15-18)34-26(39)11-17-5-2-1-3-6-17)27(38-37-24)30-35-23-8-9-33-29(28(23)36-30)25-7-4-10-40-25/h1-10,12-16H,11H2,(H,34,39)(H,35,36)(H,37,38). The topological polar surface area (TPSA) is 112 Å². The fourth-order valence-electron chi connectivity index (χ4n) is 4.72. The summed E-state index contributed by atoms with van der Waals surface area (Å²) in [7, 11) is 0. The number of imidazole rings is 1. The van der Waals surface area contributed by atoms with Crippen LogP contribution in [0.2, 0.25) is 0 Å². The highest BCUT2D eigenvalue weighted by Crippen LogP contribution is 2.34. The minimum Gasteiger partial charge on any atom is -0.336 e. The van der Waals surface area contributed by atoms with Crippen LogP contribution in [0.4, 0.5) is 10.1 Å². The zero-order valence-corrected chi connectivity index (χ0v) is 21.7. The number of halogens is 1. The highest BCUT2D eigenvalue weighted by molar-refractivity contribution is 7.13. The number of pyridine rings is 2. The maximum Gasteiger partial charge on any atom is 0.228 e. The number of carbonyl (C=O) groups is 1. The molecule has 8 nitrogen and oxygen atoms in total. The number of nitrogens with zero attached hydrogens (tertiary/aromatic N) is 4. The summed E-state index contributed by atoms with van der Waals surface area (Å²) < 4.78 is 15.3. The Morgan fingerprint density at radius 1 is 0.975 bits per heavy atom. The number of hydrogen-bond donors (Lipinski definition) is 3. The Kier molecular flexibility index (Phi) is 5.86. The van der Waals surface area contributed by atoms with Gasteiger partial charge in [-0.15, -0.1) is 11.3 Å². The molecule has 1 amide bonds. The second-order valence-electron chi connectivity index (χ2n) is 9.24. The normalized spacial score (nSPS) is 11.3. The Morgan fingerprint density at radius 2 is 1.88 bits per heavy atom. The molecule has 0 spiro atoms. The largest absolute Gasteiger partial charge is 0.336 e. The van der Waals surface area contributed by atoms with E-state index in [1.807, 2.05) is 53.9 Å². The summed E-state index contributed by atoms with van der Waals surface area (Å²) in [6.07, 6.45) is 5.08. The van der Waals surface area contributed by atoms with Gasteiger partial charge in [0.05, 0.1) is 34.2 Å². The summed E-state index contributed by atoms with van der Waals surface area (Å²) in [4.78, 5) is 30.5. The van der Waals surface area contributed by atoms with Gasteiger partial charge in [-0.2, -0.15) is 5.10 Å². The summed E-state index contributed by atoms with van der Waals surface area (Å²) in [5.74, 6) is -0.0739. The van der Waals surface area contributed by atoms with Crippen molar-refractivity contribution in [2.24, 2.45) is 0 Å². The van der Waals surface area contributed by atoms with E-state index in [-0.39, 0.29) is 12.3 Å². The van der Waals surface area contributed by atoms with Crippen LogP contribution in [-0.4, -0.2) is 36.0 Å². The van der Waals surface area contributed by atoms with Crippen molar-refractivity contribution in [1.29, 1.82) is 0 Å². The van der Waals surface area contributed by atoms with E-state index in [2.05, 4.69) is 30.5 Å². The second-order valence-corrected chi connectivity index (χ2v) is 10.2. The molecule has 40 heavy (non-hydrogen) atoms. The van der Waals surface area contributed by atoms with E-state index in [0.29, 0.717) is 39.2 Å². The number of aromatic amines is 2. The van der Waals surface area contributed by atoms with Gasteiger partial charge in [0, 0.05) is 35.0 Å². The molecule has 0 aliphatic carbocycles. The Labute approximate surface area is 231 Å². The van der Waals surface area contributed by atoms with Crippen molar-refractivity contribution in [3.63, 3.8) is 0 Å². The molecule has 0 bridgehead atoms. The van der Waals surface area contributed by atoms with Crippen molar-refractivity contribution >= 4 is 44.9 Å². The van der Waals surface area contributed by atoms with Crippen molar-refractivity contribution in [2.75, 3.05) is 5.32 Å². The van der Waals surface area contributed by atoms with Gasteiger partial charge in [-0.1, -0.05) is 36.4 Å². The SMILES string of the molecule is O=C(Cc1ccccc1)Nc1cncc(-c2cc3c(-c4nc5c(-c6cccs6)nccc5[nH]4)n[nH]c3cc2F)c1. The Bertz CT molecular complexity index is 2000. The lowest BCUT2D eigenvalue weighted by atomic mass is 10.0. The first-order valence-corrected chi connectivity index (χ1v) is 13.4. The molecular weight excluding hydrogens is 525 g/mol. The molecule has 0 saturated heterocycles. The number of hydrogen-bond acceptors (Lipinski definition) is 6. The first-order valence-electron chi connectivity index (χ1n) is 12.5. The van der Waals surface area contributed by atoms with Gasteiger partial charge in [0.2, 0.25) is 5.91 Å². The van der Waals surface area contributed by atoms with Crippen LogP contribution in [0.5, 0.6) is 0 Å². The van der Waals surface area contributed by atoms with Crippen LogP contribution in [0.25, 0.3) is 55.2 Å². The number of benzene rings is 2. The lowest BCUT2D eigenvalue weighted by molar-refractivity contribution is -0.115. The van der Waals surface area contributed by atoms with Crippen molar-refractivity contribution < 1.29 is 9.18 Å². The summed E-state index contributed by atoms with van der Waals surface area (Å²) in [5, 5.41) is 12.9. The molecule has 5 aromatic heterocycles. The lowest BCUT2D eigenvalue weighted by Gasteiger charge is -2.08. The number of anilines is 1. The number of aromatic nitrogens is 6. The van der Waals surface area contributed by atoms with Gasteiger partial charge in [-0.25, -0.2) is 9.37 Å². The maximum absolute atomic E-state index is 15.3. The number of fused-ring (bicyclic) bond motifs is 2. The van der Waals surface area contributed by atoms with Gasteiger partial charge in [0.25, 0.3) is 0 Å². The Balaban J connectivity index is 1.24. The predicted octanol–water partition coefficient (Wildman–Crippen LogP) is 6.61. The highest BCUT2D eigenvalue weighted by atomic mass is 32.1. The fourth-order valence-corrected chi connectivity index (χ4v) is 5.44. The van der Waals surface area contributed by atoms with Crippen LogP contribution >= 0.6 is 11.3 Å². The van der Waals surface area contributed by atoms with E-state index in [1.54, 1.807) is 42.1 Å². The average Bonchev–Trinajstić information content (AvgIpc) is 3.72. The van der Waals surface area contributed by atoms with E-state index >= 15 is 4.39 Å². The number of rotatable bonds is 6. The summed E-state index contributed by atoms with van der Waals surface area (Å²) in [5.41, 5.74) is 5.69. The molecule has 2 aromatic carbocycles. The molecule has 0 saturated carbocycles. The van der Waals surface area contributed by atoms with Crippen molar-refractivity contribution in [3.8, 4) is 33.2 Å². The third-order valence-electron chi connectivity index (χ3n) is 6.57. The van der Waals surface area contributed by atoms with Crippen LogP contribution < -0.4 is 5.32 Å². The van der Waals surface area contributed by atoms with Gasteiger partial charge in [0.15, 0.2) is 5.82 Å². The minimum atomic E-state index is -0.439. The number of thiophene rings is 1. The monoisotopic (exact) mass is 545 g/mol. The fraction of sp³-hybridized carbons (Fsp3) is 0.0333. The molecule has 3 N–H and O–H groups in total. The molecular formula is C30H20FN7OS. The Hall–Kier alpha value is -5.22. The number of carbonyl (C=O) groups excluding carboxylic acids is 1. The molecule has 0 fully saturated rings. The van der Waals surface area contributed by atoms with Crippen molar-refractivity contribution in [3.05, 3.63) is 102 Å². The van der Waals surface area contributed by atoms with E-state index in [0.717, 1.165) is 27.2 Å². The minimum absolute atomic E-state index is 0.181. The zero-order chi connectivity index (χ0) is 27.1. The third kappa shape index (κ3) is 4.40. The summed E-state index contributed by atoms with van der Waals surface area (Å²) >= 11 is 1.59. The smallest absolute Gasteiger partial charge is 0.228 e. The van der Waals surface area contributed by atoms with Gasteiger partial charge in [0.1, 0.15) is 22.7 Å². The maximum atomic E-state index is 15.3. The van der Waals surface area contributed by atoms with Crippen molar-refractivity contribution in [1.82, 2.24) is 30.1 Å². The second kappa shape index (κ2) is 9.83. The molecule has 0 unspecified atom stereocenters. The zero-order valence-electron chi connectivity index (χ0n) is 20.9. The van der Waals surface area contributed by atoms with Crippen LogP contribution in [0.1, 0.15) is 5.56 Å². The van der Waals surface area contributed by atoms with Gasteiger partial charge in [-0.3, -0.25) is 19.9 Å². The molecule has 0 radical (unpaired) electrons. The van der Waals surface area contributed by atoms with E-state index in [4.69, 9.17) is 4.98 Å². The number of H-pyrrole nitrogens is 2. The van der Waals surface area contributed by atoms with Gasteiger partial charge < -0.3 is 10.3 Å². The van der Waals surface area contributed by atoms with Crippen LogP contribution in [-0.2, 0) is 11.2 Å². The van der Waals surface area contributed by atoms with E-state index in [1.165, 1.54) is 6.07 Å². The van der Waals surface area contributed by atoms with Crippen LogP contribution in [0, 0.1) is 5.82 Å². The molecule has 7 aromatic rings. The molecule has 10 heteroatoms. The molecule has 194 valence electrons. The van der Waals surface area contributed by atoms with Gasteiger partial charge in [-0.05, 0) is 35.2 Å². The quantitative estimate of drug-likeness (QED) is 0.218. The molecule has 0 atom stereocenters. The third-order valence-corrected chi connectivity index (χ3v) is 7.45. The molecule has 5 heterocycles. The first kappa shape index (κ1) is 23.9. The van der Waals surface area contributed by atoms with Crippen LogP contribution in [0.15, 0.2) is 90.7 Å². The molecule has 0 aliphatic rings. The van der Waals surface area contributed by atoms with E-state index in [9.17, 15) is 4.79 Å². The number of nitrogens with one attached hydrogen (secondary N) is 3. The number of amides is 1. The first-order chi connectivity index (χ1) is 19.6. The van der Waals surface area contributed by atoms with Crippen LogP contribution in [0.3, 0.4) is 0 Å². The van der Waals surface area contributed by atoms with Gasteiger partial charge >= 0.3 is 0 Å². The van der Waals surface area contributed by atoms with E-state index < -0.39 is 5.82 Å². The van der Waals surface area contributed by atoms with Crippen molar-refractivity contribution in [2.45, 2.75) is 6.42 Å².